The number of carbonyl (C=O) groups excluding carboxylic acids is 2. The molecule has 0 saturated heterocycles. The Labute approximate surface area is 154 Å². The Morgan fingerprint density at radius 2 is 1.85 bits per heavy atom. The summed E-state index contributed by atoms with van der Waals surface area (Å²) in [5.41, 5.74) is 2.19. The van der Waals surface area contributed by atoms with E-state index in [9.17, 15) is 9.59 Å². The lowest BCUT2D eigenvalue weighted by atomic mass is 10.1. The predicted octanol–water partition coefficient (Wildman–Crippen LogP) is 4.78. The molecule has 0 aliphatic heterocycles. The van der Waals surface area contributed by atoms with Crippen molar-refractivity contribution in [2.75, 3.05) is 5.32 Å². The molecule has 4 heteroatoms. The molecule has 1 aliphatic rings. The molecule has 136 valence electrons. The van der Waals surface area contributed by atoms with Crippen LogP contribution in [0.3, 0.4) is 0 Å². The Balaban J connectivity index is 1.55. The minimum atomic E-state index is -0.0965. The van der Waals surface area contributed by atoms with Crippen molar-refractivity contribution in [1.82, 2.24) is 0 Å². The molecule has 1 N–H and O–H groups in total. The quantitative estimate of drug-likeness (QED) is 0.730. The van der Waals surface area contributed by atoms with E-state index in [1.165, 1.54) is 19.8 Å². The Bertz CT molecular complexity index is 778. The Morgan fingerprint density at radius 1 is 1.08 bits per heavy atom. The van der Waals surface area contributed by atoms with Crippen molar-refractivity contribution in [2.24, 2.45) is 0 Å². The van der Waals surface area contributed by atoms with Gasteiger partial charge >= 0.3 is 0 Å². The largest absolute Gasteiger partial charge is 0.490 e. The fraction of sp³-hybridized carbons (Fsp3) is 0.364. The maximum absolute atomic E-state index is 12.3. The standard InChI is InChI=1S/C22H25NO3/c1-16(24)20-11-4-5-12-21(20)23-22(25)14-13-17-7-6-10-19(15-17)26-18-8-2-3-9-18/h4-7,10-12,15,18H,2-3,8-9,13-14H2,1H3,(H,23,25). The average molecular weight is 351 g/mol. The zero-order valence-electron chi connectivity index (χ0n) is 15.2. The highest BCUT2D eigenvalue weighted by molar-refractivity contribution is 6.03. The van der Waals surface area contributed by atoms with Crippen molar-refractivity contribution in [2.45, 2.75) is 51.6 Å². The summed E-state index contributed by atoms with van der Waals surface area (Å²) in [4.78, 5) is 23.9. The van der Waals surface area contributed by atoms with Gasteiger partial charge < -0.3 is 10.1 Å². The third-order valence-corrected chi connectivity index (χ3v) is 4.72. The minimum absolute atomic E-state index is 0.0577. The van der Waals surface area contributed by atoms with Crippen LogP contribution in [-0.2, 0) is 11.2 Å². The van der Waals surface area contributed by atoms with Gasteiger partial charge in [-0.05, 0) is 68.9 Å². The highest BCUT2D eigenvalue weighted by atomic mass is 16.5. The number of hydrogen-bond acceptors (Lipinski definition) is 3. The summed E-state index contributed by atoms with van der Waals surface area (Å²) in [7, 11) is 0. The summed E-state index contributed by atoms with van der Waals surface area (Å²) < 4.78 is 6.02. The van der Waals surface area contributed by atoms with Gasteiger partial charge in [-0.1, -0.05) is 24.3 Å². The smallest absolute Gasteiger partial charge is 0.224 e. The second-order valence-electron chi connectivity index (χ2n) is 6.82. The van der Waals surface area contributed by atoms with Crippen LogP contribution in [0, 0.1) is 0 Å². The monoisotopic (exact) mass is 351 g/mol. The molecule has 1 amide bonds. The summed E-state index contributed by atoms with van der Waals surface area (Å²) >= 11 is 0. The summed E-state index contributed by atoms with van der Waals surface area (Å²) in [6, 6.07) is 15.1. The second kappa shape index (κ2) is 8.65. The van der Waals surface area contributed by atoms with Crippen LogP contribution < -0.4 is 10.1 Å². The fourth-order valence-electron chi connectivity index (χ4n) is 3.34. The first kappa shape index (κ1) is 18.2. The normalized spacial score (nSPS) is 14.2. The van der Waals surface area contributed by atoms with Crippen molar-refractivity contribution in [3.05, 3.63) is 59.7 Å². The van der Waals surface area contributed by atoms with Crippen LogP contribution in [0.5, 0.6) is 5.75 Å². The molecule has 4 nitrogen and oxygen atoms in total. The number of aryl methyl sites for hydroxylation is 1. The van der Waals surface area contributed by atoms with E-state index in [0.29, 0.717) is 30.2 Å². The zero-order valence-corrected chi connectivity index (χ0v) is 15.2. The molecule has 0 unspecified atom stereocenters. The Morgan fingerprint density at radius 3 is 2.62 bits per heavy atom. The van der Waals surface area contributed by atoms with Crippen molar-refractivity contribution >= 4 is 17.4 Å². The number of ketones is 1. The predicted molar refractivity (Wildman–Crippen MR) is 103 cm³/mol. The molecule has 0 bridgehead atoms. The van der Waals surface area contributed by atoms with Gasteiger partial charge in [-0.3, -0.25) is 9.59 Å². The van der Waals surface area contributed by atoms with Crippen molar-refractivity contribution in [1.29, 1.82) is 0 Å². The van der Waals surface area contributed by atoms with E-state index >= 15 is 0 Å². The van der Waals surface area contributed by atoms with Gasteiger partial charge in [-0.25, -0.2) is 0 Å². The Kier molecular flexibility index (Phi) is 6.05. The van der Waals surface area contributed by atoms with E-state index in [2.05, 4.69) is 5.32 Å². The highest BCUT2D eigenvalue weighted by Crippen LogP contribution is 2.25. The minimum Gasteiger partial charge on any atom is -0.490 e. The first-order valence-corrected chi connectivity index (χ1v) is 9.27. The number of amides is 1. The van der Waals surface area contributed by atoms with Gasteiger partial charge in [0.1, 0.15) is 5.75 Å². The molecule has 0 heterocycles. The number of anilines is 1. The third kappa shape index (κ3) is 4.94. The number of benzene rings is 2. The van der Waals surface area contributed by atoms with E-state index in [1.54, 1.807) is 18.2 Å². The topological polar surface area (TPSA) is 55.4 Å². The molecule has 26 heavy (non-hydrogen) atoms. The van der Waals surface area contributed by atoms with Gasteiger partial charge in [0.05, 0.1) is 11.8 Å². The molecule has 0 atom stereocenters. The van der Waals surface area contributed by atoms with Crippen LogP contribution >= 0.6 is 0 Å². The van der Waals surface area contributed by atoms with Gasteiger partial charge in [0.15, 0.2) is 5.78 Å². The van der Waals surface area contributed by atoms with Gasteiger partial charge in [0.2, 0.25) is 5.91 Å². The second-order valence-corrected chi connectivity index (χ2v) is 6.82. The van der Waals surface area contributed by atoms with Crippen LogP contribution in [-0.4, -0.2) is 17.8 Å². The van der Waals surface area contributed by atoms with E-state index in [1.807, 2.05) is 30.3 Å². The molecule has 1 fully saturated rings. The maximum Gasteiger partial charge on any atom is 0.224 e. The van der Waals surface area contributed by atoms with Crippen molar-refractivity contribution in [3.8, 4) is 5.75 Å². The molecule has 3 rings (SSSR count). The number of ether oxygens (including phenoxy) is 1. The number of para-hydroxylation sites is 1. The molecule has 0 radical (unpaired) electrons. The summed E-state index contributed by atoms with van der Waals surface area (Å²) in [5.74, 6) is 0.732. The molecular formula is C22H25NO3. The van der Waals surface area contributed by atoms with Gasteiger partial charge in [-0.2, -0.15) is 0 Å². The lowest BCUT2D eigenvalue weighted by molar-refractivity contribution is -0.116. The van der Waals surface area contributed by atoms with Crippen LogP contribution in [0.1, 0.15) is 54.9 Å². The van der Waals surface area contributed by atoms with Crippen LogP contribution in [0.2, 0.25) is 0 Å². The first-order valence-electron chi connectivity index (χ1n) is 9.27. The first-order chi connectivity index (χ1) is 12.6. The number of nitrogens with one attached hydrogen (secondary N) is 1. The lowest BCUT2D eigenvalue weighted by Gasteiger charge is -2.14. The summed E-state index contributed by atoms with van der Waals surface area (Å²) in [6.45, 7) is 1.50. The van der Waals surface area contributed by atoms with Gasteiger partial charge in [0, 0.05) is 12.0 Å². The Hall–Kier alpha value is -2.62. The van der Waals surface area contributed by atoms with E-state index < -0.39 is 0 Å². The van der Waals surface area contributed by atoms with E-state index in [-0.39, 0.29) is 11.7 Å². The molecule has 2 aromatic rings. The SMILES string of the molecule is CC(=O)c1ccccc1NC(=O)CCc1cccc(OC2CCCC2)c1. The fourth-order valence-corrected chi connectivity index (χ4v) is 3.34. The van der Waals surface area contributed by atoms with Crippen LogP contribution in [0.15, 0.2) is 48.5 Å². The van der Waals surface area contributed by atoms with E-state index in [4.69, 9.17) is 4.74 Å². The lowest BCUT2D eigenvalue weighted by Crippen LogP contribution is -2.14. The molecule has 1 aliphatic carbocycles. The summed E-state index contributed by atoms with van der Waals surface area (Å²) in [5, 5.41) is 2.84. The number of rotatable bonds is 7. The highest BCUT2D eigenvalue weighted by Gasteiger charge is 2.16. The van der Waals surface area contributed by atoms with E-state index in [0.717, 1.165) is 24.2 Å². The molecule has 2 aromatic carbocycles. The van der Waals surface area contributed by atoms with Crippen molar-refractivity contribution in [3.63, 3.8) is 0 Å². The number of hydrogen-bond donors (Lipinski definition) is 1. The molecule has 1 saturated carbocycles. The average Bonchev–Trinajstić information content (AvgIpc) is 3.13. The molecular weight excluding hydrogens is 326 g/mol. The molecule has 0 spiro atoms. The zero-order chi connectivity index (χ0) is 18.4. The number of Topliss-reactive ketones (excluding diaryl/α,β-unsaturated/α-hetero) is 1. The summed E-state index contributed by atoms with van der Waals surface area (Å²) in [6.07, 6.45) is 6.06. The van der Waals surface area contributed by atoms with Crippen LogP contribution in [0.4, 0.5) is 5.69 Å². The van der Waals surface area contributed by atoms with Crippen LogP contribution in [0.25, 0.3) is 0 Å². The van der Waals surface area contributed by atoms with Gasteiger partial charge in [-0.15, -0.1) is 0 Å². The number of carbonyl (C=O) groups is 2. The maximum atomic E-state index is 12.3. The van der Waals surface area contributed by atoms with Crippen molar-refractivity contribution < 1.29 is 14.3 Å². The van der Waals surface area contributed by atoms with Gasteiger partial charge in [0.25, 0.3) is 0 Å². The third-order valence-electron chi connectivity index (χ3n) is 4.72. The molecule has 0 aromatic heterocycles.